The van der Waals surface area contributed by atoms with Crippen LogP contribution in [0.1, 0.15) is 21.5 Å². The number of hydrogen-bond donors (Lipinski definition) is 0. The van der Waals surface area contributed by atoms with Crippen molar-refractivity contribution in [3.05, 3.63) is 63.9 Å². The predicted molar refractivity (Wildman–Crippen MR) is 78.1 cm³/mol. The number of Topliss-reactive ketones (excluding diaryl/α,β-unsaturated/α-hetero) is 1. The molecule has 1 amide bonds. The van der Waals surface area contributed by atoms with Gasteiger partial charge in [-0.3, -0.25) is 14.5 Å². The second-order valence-corrected chi connectivity index (χ2v) is 5.36. The summed E-state index contributed by atoms with van der Waals surface area (Å²) in [5.74, 6) is -1.98. The Morgan fingerprint density at radius 2 is 1.90 bits per heavy atom. The SMILES string of the molecule is Cc1cc(F)c2c(c1)C(=O)C(=O)N2Cc1ccccc1Cl. The van der Waals surface area contributed by atoms with E-state index >= 15 is 0 Å². The fraction of sp³-hybridized carbons (Fsp3) is 0.125. The van der Waals surface area contributed by atoms with Gasteiger partial charge in [0.05, 0.1) is 17.8 Å². The van der Waals surface area contributed by atoms with Gasteiger partial charge in [-0.2, -0.15) is 0 Å². The van der Waals surface area contributed by atoms with Crippen molar-refractivity contribution in [3.63, 3.8) is 0 Å². The molecule has 1 heterocycles. The molecule has 2 aromatic carbocycles. The van der Waals surface area contributed by atoms with E-state index < -0.39 is 17.5 Å². The Hall–Kier alpha value is -2.20. The number of benzene rings is 2. The number of fused-ring (bicyclic) bond motifs is 1. The summed E-state index contributed by atoms with van der Waals surface area (Å²) in [6, 6.07) is 9.81. The third-order valence-electron chi connectivity index (χ3n) is 3.45. The van der Waals surface area contributed by atoms with E-state index in [1.165, 1.54) is 12.1 Å². The van der Waals surface area contributed by atoms with Crippen LogP contribution in [0.15, 0.2) is 36.4 Å². The number of amides is 1. The molecular formula is C16H11ClFNO2. The quantitative estimate of drug-likeness (QED) is 0.796. The lowest BCUT2D eigenvalue weighted by Gasteiger charge is -2.18. The maximum Gasteiger partial charge on any atom is 0.299 e. The minimum atomic E-state index is -0.727. The first kappa shape index (κ1) is 13.8. The first-order valence-corrected chi connectivity index (χ1v) is 6.76. The summed E-state index contributed by atoms with van der Waals surface area (Å²) in [6.45, 7) is 1.75. The average Bonchev–Trinajstić information content (AvgIpc) is 2.67. The predicted octanol–water partition coefficient (Wildman–Crippen LogP) is 3.52. The Morgan fingerprint density at radius 3 is 2.62 bits per heavy atom. The molecule has 0 aromatic heterocycles. The van der Waals surface area contributed by atoms with Gasteiger partial charge in [-0.15, -0.1) is 0 Å². The van der Waals surface area contributed by atoms with Crippen LogP contribution in [0.5, 0.6) is 0 Å². The van der Waals surface area contributed by atoms with E-state index in [-0.39, 0.29) is 17.8 Å². The molecule has 0 fully saturated rings. The lowest BCUT2D eigenvalue weighted by atomic mass is 10.1. The van der Waals surface area contributed by atoms with Crippen molar-refractivity contribution < 1.29 is 14.0 Å². The zero-order chi connectivity index (χ0) is 15.1. The maximum atomic E-state index is 14.2. The number of rotatable bonds is 2. The van der Waals surface area contributed by atoms with Crippen LogP contribution < -0.4 is 4.90 Å². The highest BCUT2D eigenvalue weighted by atomic mass is 35.5. The van der Waals surface area contributed by atoms with Crippen molar-refractivity contribution in [1.82, 2.24) is 0 Å². The van der Waals surface area contributed by atoms with Gasteiger partial charge in [0.25, 0.3) is 11.7 Å². The monoisotopic (exact) mass is 303 g/mol. The fourth-order valence-corrected chi connectivity index (χ4v) is 2.66. The van der Waals surface area contributed by atoms with Crippen LogP contribution in [0, 0.1) is 12.7 Å². The van der Waals surface area contributed by atoms with E-state index in [1.54, 1.807) is 31.2 Å². The smallest absolute Gasteiger partial charge is 0.297 e. The van der Waals surface area contributed by atoms with Gasteiger partial charge in [0.15, 0.2) is 0 Å². The number of carbonyl (C=O) groups is 2. The topological polar surface area (TPSA) is 37.4 Å². The van der Waals surface area contributed by atoms with Crippen molar-refractivity contribution in [2.24, 2.45) is 0 Å². The lowest BCUT2D eigenvalue weighted by Crippen LogP contribution is -2.29. The molecule has 0 aliphatic carbocycles. The van der Waals surface area contributed by atoms with Gasteiger partial charge in [-0.1, -0.05) is 29.8 Å². The highest BCUT2D eigenvalue weighted by Crippen LogP contribution is 2.34. The molecule has 1 aliphatic rings. The van der Waals surface area contributed by atoms with Crippen molar-refractivity contribution in [1.29, 1.82) is 0 Å². The van der Waals surface area contributed by atoms with Crippen LogP contribution in [-0.2, 0) is 11.3 Å². The molecule has 3 rings (SSSR count). The van der Waals surface area contributed by atoms with E-state index in [1.807, 2.05) is 0 Å². The van der Waals surface area contributed by atoms with Crippen molar-refractivity contribution in [2.75, 3.05) is 4.90 Å². The fourth-order valence-electron chi connectivity index (χ4n) is 2.47. The lowest BCUT2D eigenvalue weighted by molar-refractivity contribution is -0.114. The van der Waals surface area contributed by atoms with Crippen LogP contribution in [0.25, 0.3) is 0 Å². The molecule has 1 aliphatic heterocycles. The summed E-state index contributed by atoms with van der Waals surface area (Å²) in [5, 5.41) is 0.471. The standard InChI is InChI=1S/C16H11ClFNO2/c1-9-6-11-14(13(18)7-9)19(16(21)15(11)20)8-10-4-2-3-5-12(10)17/h2-7H,8H2,1H3. The second-order valence-electron chi connectivity index (χ2n) is 4.95. The third kappa shape index (κ3) is 2.21. The largest absolute Gasteiger partial charge is 0.299 e. The molecule has 0 saturated carbocycles. The van der Waals surface area contributed by atoms with Crippen molar-refractivity contribution >= 4 is 29.0 Å². The molecule has 0 bridgehead atoms. The summed E-state index contributed by atoms with van der Waals surface area (Å²) in [4.78, 5) is 25.3. The summed E-state index contributed by atoms with van der Waals surface area (Å²) in [5.41, 5.74) is 1.42. The number of nitrogens with zero attached hydrogens (tertiary/aromatic N) is 1. The Morgan fingerprint density at radius 1 is 1.19 bits per heavy atom. The minimum Gasteiger partial charge on any atom is -0.297 e. The van der Waals surface area contributed by atoms with Gasteiger partial charge in [-0.05, 0) is 36.2 Å². The molecule has 21 heavy (non-hydrogen) atoms. The Kier molecular flexibility index (Phi) is 3.26. The van der Waals surface area contributed by atoms with Crippen LogP contribution in [0.2, 0.25) is 5.02 Å². The van der Waals surface area contributed by atoms with E-state index in [0.717, 1.165) is 4.90 Å². The van der Waals surface area contributed by atoms with Gasteiger partial charge < -0.3 is 0 Å². The van der Waals surface area contributed by atoms with Crippen LogP contribution in [0.3, 0.4) is 0 Å². The zero-order valence-electron chi connectivity index (χ0n) is 11.2. The number of carbonyl (C=O) groups excluding carboxylic acids is 2. The summed E-state index contributed by atoms with van der Waals surface area (Å²) < 4.78 is 14.2. The number of halogens is 2. The molecule has 0 N–H and O–H groups in total. The highest BCUT2D eigenvalue weighted by Gasteiger charge is 2.38. The molecule has 3 nitrogen and oxygen atoms in total. The van der Waals surface area contributed by atoms with Gasteiger partial charge in [0.1, 0.15) is 5.82 Å². The van der Waals surface area contributed by atoms with Crippen LogP contribution >= 0.6 is 11.6 Å². The van der Waals surface area contributed by atoms with E-state index in [2.05, 4.69) is 0 Å². The highest BCUT2D eigenvalue weighted by molar-refractivity contribution is 6.52. The number of aryl methyl sites for hydroxylation is 1. The molecule has 0 unspecified atom stereocenters. The van der Waals surface area contributed by atoms with Gasteiger partial charge in [-0.25, -0.2) is 4.39 Å². The Labute approximate surface area is 125 Å². The number of ketones is 1. The molecule has 0 atom stereocenters. The second kappa shape index (κ2) is 4.97. The van der Waals surface area contributed by atoms with E-state index in [0.29, 0.717) is 16.1 Å². The average molecular weight is 304 g/mol. The molecular weight excluding hydrogens is 293 g/mol. The molecule has 2 aromatic rings. The van der Waals surface area contributed by atoms with Crippen LogP contribution in [0.4, 0.5) is 10.1 Å². The molecule has 106 valence electrons. The third-order valence-corrected chi connectivity index (χ3v) is 3.82. The molecule has 0 saturated heterocycles. The molecule has 0 radical (unpaired) electrons. The van der Waals surface area contributed by atoms with E-state index in [9.17, 15) is 14.0 Å². The molecule has 0 spiro atoms. The summed E-state index contributed by atoms with van der Waals surface area (Å²) in [7, 11) is 0. The van der Waals surface area contributed by atoms with Gasteiger partial charge in [0, 0.05) is 5.02 Å². The normalized spacial score (nSPS) is 13.8. The number of hydrogen-bond acceptors (Lipinski definition) is 2. The van der Waals surface area contributed by atoms with Crippen molar-refractivity contribution in [2.45, 2.75) is 13.5 Å². The van der Waals surface area contributed by atoms with Gasteiger partial charge in [0.2, 0.25) is 0 Å². The summed E-state index contributed by atoms with van der Waals surface area (Å²) >= 11 is 6.06. The van der Waals surface area contributed by atoms with Crippen LogP contribution in [-0.4, -0.2) is 11.7 Å². The Bertz CT molecular complexity index is 773. The Balaban J connectivity index is 2.08. The number of anilines is 1. The zero-order valence-corrected chi connectivity index (χ0v) is 11.9. The first-order valence-electron chi connectivity index (χ1n) is 6.39. The first-order chi connectivity index (χ1) is 9.99. The maximum absolute atomic E-state index is 14.2. The molecule has 5 heteroatoms. The minimum absolute atomic E-state index is 0.0375. The summed E-state index contributed by atoms with van der Waals surface area (Å²) in [6.07, 6.45) is 0. The van der Waals surface area contributed by atoms with E-state index in [4.69, 9.17) is 11.6 Å². The van der Waals surface area contributed by atoms with Gasteiger partial charge >= 0.3 is 0 Å². The van der Waals surface area contributed by atoms with Crippen molar-refractivity contribution in [3.8, 4) is 0 Å².